The van der Waals surface area contributed by atoms with Gasteiger partial charge in [0.15, 0.2) is 5.82 Å². The monoisotopic (exact) mass is 334 g/mol. The Bertz CT molecular complexity index is 613. The van der Waals surface area contributed by atoms with E-state index in [1.807, 2.05) is 18.2 Å². The van der Waals surface area contributed by atoms with Crippen molar-refractivity contribution in [3.05, 3.63) is 47.6 Å². The summed E-state index contributed by atoms with van der Waals surface area (Å²) in [7, 11) is 0. The topological polar surface area (TPSA) is 57.4 Å². The van der Waals surface area contributed by atoms with Gasteiger partial charge in [0.1, 0.15) is 5.41 Å². The predicted molar refractivity (Wildman–Crippen MR) is 89.6 cm³/mol. The Kier molecular flexibility index (Phi) is 5.35. The van der Waals surface area contributed by atoms with Crippen molar-refractivity contribution in [3.63, 3.8) is 0 Å². The maximum absolute atomic E-state index is 5.89. The first-order valence-electron chi connectivity index (χ1n) is 7.77. The van der Waals surface area contributed by atoms with Crippen LogP contribution in [0.5, 0.6) is 0 Å². The van der Waals surface area contributed by atoms with E-state index in [1.165, 1.54) is 0 Å². The van der Waals surface area contributed by atoms with Gasteiger partial charge in [-0.1, -0.05) is 42.4 Å². The third-order valence-corrected chi connectivity index (χ3v) is 5.02. The van der Waals surface area contributed by atoms with Crippen molar-refractivity contribution >= 4 is 11.8 Å². The molecular weight excluding hydrogens is 312 g/mol. The van der Waals surface area contributed by atoms with Gasteiger partial charge < -0.3 is 14.0 Å². The normalized spacial score (nSPS) is 17.7. The number of nitrogens with zero attached hydrogens (tertiary/aromatic N) is 2. The third-order valence-electron chi connectivity index (χ3n) is 4.05. The summed E-state index contributed by atoms with van der Waals surface area (Å²) in [5.74, 6) is 1.40. The molecule has 1 unspecified atom stereocenters. The molecule has 0 spiro atoms. The van der Waals surface area contributed by atoms with E-state index in [4.69, 9.17) is 14.0 Å². The quantitative estimate of drug-likeness (QED) is 0.740. The van der Waals surface area contributed by atoms with Crippen molar-refractivity contribution < 1.29 is 14.0 Å². The molecule has 6 heteroatoms. The molecule has 1 aliphatic heterocycles. The van der Waals surface area contributed by atoms with Crippen LogP contribution in [-0.2, 0) is 27.9 Å². The number of benzene rings is 1. The van der Waals surface area contributed by atoms with E-state index in [2.05, 4.69) is 35.5 Å². The largest absolute Gasteiger partial charge is 0.379 e. The van der Waals surface area contributed by atoms with E-state index in [0.29, 0.717) is 43.4 Å². The Morgan fingerprint density at radius 3 is 2.74 bits per heavy atom. The summed E-state index contributed by atoms with van der Waals surface area (Å²) in [6, 6.07) is 10.1. The lowest BCUT2D eigenvalue weighted by atomic mass is 9.86. The molecule has 5 nitrogen and oxygen atoms in total. The fourth-order valence-corrected chi connectivity index (χ4v) is 2.76. The highest BCUT2D eigenvalue weighted by atomic mass is 32.2. The Balaban J connectivity index is 1.59. The van der Waals surface area contributed by atoms with Crippen LogP contribution in [0, 0.1) is 0 Å². The molecule has 1 aromatic carbocycles. The highest BCUT2D eigenvalue weighted by Gasteiger charge is 2.45. The van der Waals surface area contributed by atoms with Crippen molar-refractivity contribution in [2.45, 2.75) is 30.6 Å². The summed E-state index contributed by atoms with van der Waals surface area (Å²) < 4.78 is 16.7. The summed E-state index contributed by atoms with van der Waals surface area (Å²) in [6.45, 7) is 4.44. The Morgan fingerprint density at radius 2 is 2.09 bits per heavy atom. The summed E-state index contributed by atoms with van der Waals surface area (Å²) in [5.41, 5.74) is 0.893. The van der Waals surface area contributed by atoms with Gasteiger partial charge in [0.25, 0.3) is 0 Å². The molecule has 2 heterocycles. The summed E-state index contributed by atoms with van der Waals surface area (Å²) in [4.78, 5) is 4.57. The average molecular weight is 334 g/mol. The molecule has 124 valence electrons. The zero-order valence-corrected chi connectivity index (χ0v) is 14.3. The van der Waals surface area contributed by atoms with Gasteiger partial charge in [-0.3, -0.25) is 0 Å². The third kappa shape index (κ3) is 3.94. The van der Waals surface area contributed by atoms with Crippen LogP contribution < -0.4 is 0 Å². The number of aromatic nitrogens is 2. The molecule has 3 rings (SSSR count). The molecule has 1 fully saturated rings. The van der Waals surface area contributed by atoms with Crippen LogP contribution in [0.25, 0.3) is 0 Å². The minimum absolute atomic E-state index is 0.265. The summed E-state index contributed by atoms with van der Waals surface area (Å²) in [5, 5.41) is 4.63. The van der Waals surface area contributed by atoms with Crippen LogP contribution in [-0.4, -0.2) is 41.5 Å². The molecule has 0 N–H and O–H groups in total. The maximum atomic E-state index is 5.89. The van der Waals surface area contributed by atoms with Gasteiger partial charge in [0, 0.05) is 11.7 Å². The fraction of sp³-hybridized carbons (Fsp3) is 0.529. The number of rotatable bonds is 8. The zero-order chi connectivity index (χ0) is 16.1. The van der Waals surface area contributed by atoms with Crippen molar-refractivity contribution in [2.75, 3.05) is 26.1 Å². The molecular formula is C17H22N2O3S. The molecule has 1 aromatic heterocycles. The van der Waals surface area contributed by atoms with E-state index in [1.54, 1.807) is 11.8 Å². The first-order valence-corrected chi connectivity index (χ1v) is 9.06. The van der Waals surface area contributed by atoms with E-state index in [9.17, 15) is 0 Å². The molecule has 0 radical (unpaired) electrons. The number of hydrogen-bond acceptors (Lipinski definition) is 6. The van der Waals surface area contributed by atoms with E-state index in [0.717, 1.165) is 12.0 Å². The van der Waals surface area contributed by atoms with Gasteiger partial charge in [-0.05, 0) is 11.8 Å². The fourth-order valence-electron chi connectivity index (χ4n) is 2.45. The molecule has 0 aliphatic carbocycles. The Hall–Kier alpha value is -1.37. The molecule has 0 amide bonds. The van der Waals surface area contributed by atoms with Crippen molar-refractivity contribution in [2.24, 2.45) is 0 Å². The van der Waals surface area contributed by atoms with Crippen LogP contribution in [0.15, 0.2) is 34.9 Å². The molecule has 1 aliphatic rings. The molecule has 1 saturated heterocycles. The summed E-state index contributed by atoms with van der Waals surface area (Å²) >= 11 is 1.79. The standard InChI is InChI=1S/C17H22N2O3S/c1-13(23-2)8-15-18-16(19-22-15)17(11-21-12-17)10-20-9-14-6-4-3-5-7-14/h3-7,13H,8-12H2,1-2H3. The second-order valence-electron chi connectivity index (χ2n) is 6.01. The lowest BCUT2D eigenvalue weighted by Crippen LogP contribution is -2.51. The van der Waals surface area contributed by atoms with Gasteiger partial charge in [0.05, 0.1) is 26.4 Å². The lowest BCUT2D eigenvalue weighted by molar-refractivity contribution is -0.106. The average Bonchev–Trinajstić information content (AvgIpc) is 2.99. The summed E-state index contributed by atoms with van der Waals surface area (Å²) in [6.07, 6.45) is 2.87. The SMILES string of the molecule is CSC(C)Cc1nc(C2(COCc3ccccc3)COC2)no1. The Labute approximate surface area is 140 Å². The van der Waals surface area contributed by atoms with Gasteiger partial charge in [-0.15, -0.1) is 0 Å². The van der Waals surface area contributed by atoms with Gasteiger partial charge in [-0.2, -0.15) is 16.7 Å². The van der Waals surface area contributed by atoms with Gasteiger partial charge >= 0.3 is 0 Å². The van der Waals surface area contributed by atoms with E-state index in [-0.39, 0.29) is 5.41 Å². The van der Waals surface area contributed by atoms with Crippen LogP contribution >= 0.6 is 11.8 Å². The van der Waals surface area contributed by atoms with E-state index < -0.39 is 0 Å². The number of ether oxygens (including phenoxy) is 2. The molecule has 2 aromatic rings. The lowest BCUT2D eigenvalue weighted by Gasteiger charge is -2.38. The predicted octanol–water partition coefficient (Wildman–Crippen LogP) is 2.85. The first-order chi connectivity index (χ1) is 11.2. The number of thioether (sulfide) groups is 1. The highest BCUT2D eigenvalue weighted by Crippen LogP contribution is 2.31. The molecule has 1 atom stereocenters. The van der Waals surface area contributed by atoms with E-state index >= 15 is 0 Å². The van der Waals surface area contributed by atoms with Crippen LogP contribution in [0.1, 0.15) is 24.2 Å². The second kappa shape index (κ2) is 7.47. The van der Waals surface area contributed by atoms with Gasteiger partial charge in [-0.25, -0.2) is 0 Å². The maximum Gasteiger partial charge on any atom is 0.227 e. The highest BCUT2D eigenvalue weighted by molar-refractivity contribution is 7.99. The molecule has 0 saturated carbocycles. The van der Waals surface area contributed by atoms with Crippen molar-refractivity contribution in [3.8, 4) is 0 Å². The zero-order valence-electron chi connectivity index (χ0n) is 13.5. The number of hydrogen-bond donors (Lipinski definition) is 0. The van der Waals surface area contributed by atoms with Crippen molar-refractivity contribution in [1.82, 2.24) is 10.1 Å². The smallest absolute Gasteiger partial charge is 0.227 e. The Morgan fingerprint density at radius 1 is 1.30 bits per heavy atom. The molecule has 23 heavy (non-hydrogen) atoms. The first kappa shape index (κ1) is 16.5. The second-order valence-corrected chi connectivity index (χ2v) is 7.29. The van der Waals surface area contributed by atoms with Crippen LogP contribution in [0.3, 0.4) is 0 Å². The van der Waals surface area contributed by atoms with Crippen LogP contribution in [0.2, 0.25) is 0 Å². The minimum Gasteiger partial charge on any atom is -0.379 e. The molecule has 0 bridgehead atoms. The minimum atomic E-state index is -0.265. The van der Waals surface area contributed by atoms with Gasteiger partial charge in [0.2, 0.25) is 5.89 Å². The van der Waals surface area contributed by atoms with Crippen LogP contribution in [0.4, 0.5) is 0 Å². The van der Waals surface area contributed by atoms with Crippen molar-refractivity contribution in [1.29, 1.82) is 0 Å².